The van der Waals surface area contributed by atoms with Crippen molar-refractivity contribution in [3.05, 3.63) is 23.8 Å². The Labute approximate surface area is 138 Å². The monoisotopic (exact) mass is 334 g/mol. The van der Waals surface area contributed by atoms with E-state index in [4.69, 9.17) is 4.74 Å². The number of phenols is 1. The van der Waals surface area contributed by atoms with E-state index in [1.165, 1.54) is 18.0 Å². The van der Waals surface area contributed by atoms with Gasteiger partial charge in [-0.25, -0.2) is 9.59 Å². The van der Waals surface area contributed by atoms with E-state index < -0.39 is 36.1 Å². The zero-order valence-electron chi connectivity index (χ0n) is 13.2. The number of nitrogens with one attached hydrogen (secondary N) is 3. The van der Waals surface area contributed by atoms with Gasteiger partial charge in [-0.15, -0.1) is 0 Å². The van der Waals surface area contributed by atoms with Gasteiger partial charge in [0.05, 0.1) is 12.6 Å². The van der Waals surface area contributed by atoms with Crippen LogP contribution in [0.2, 0.25) is 0 Å². The molecule has 9 nitrogen and oxygen atoms in total. The van der Waals surface area contributed by atoms with Crippen LogP contribution in [0.5, 0.6) is 11.5 Å². The molecule has 5 amide bonds. The van der Waals surface area contributed by atoms with Crippen LogP contribution in [-0.4, -0.2) is 47.8 Å². The van der Waals surface area contributed by atoms with Gasteiger partial charge in [0, 0.05) is 7.05 Å². The quantitative estimate of drug-likeness (QED) is 0.632. The van der Waals surface area contributed by atoms with Crippen LogP contribution >= 0.6 is 0 Å². The number of phenolic OH excluding ortho intramolecular Hbond substituents is 1. The van der Waals surface area contributed by atoms with Gasteiger partial charge in [0.15, 0.2) is 11.5 Å². The highest BCUT2D eigenvalue weighted by Gasteiger charge is 2.48. The summed E-state index contributed by atoms with van der Waals surface area (Å²) in [5, 5.41) is 17.4. The van der Waals surface area contributed by atoms with E-state index in [0.29, 0.717) is 12.2 Å². The largest absolute Gasteiger partial charge is 0.504 e. The van der Waals surface area contributed by atoms with Crippen molar-refractivity contribution in [3.63, 3.8) is 0 Å². The molecule has 128 valence electrons. The second-order valence-corrected chi connectivity index (χ2v) is 5.63. The third kappa shape index (κ3) is 2.57. The number of aromatic hydroxyl groups is 1. The molecular formula is C15H18N4O5. The third-order valence-corrected chi connectivity index (χ3v) is 4.18. The number of hydrogen-bond acceptors (Lipinski definition) is 5. The average molecular weight is 334 g/mol. The van der Waals surface area contributed by atoms with Gasteiger partial charge in [-0.1, -0.05) is 6.07 Å². The first kappa shape index (κ1) is 15.9. The first-order chi connectivity index (χ1) is 11.4. The summed E-state index contributed by atoms with van der Waals surface area (Å²) in [7, 11) is 1.50. The van der Waals surface area contributed by atoms with Crippen molar-refractivity contribution in [2.24, 2.45) is 5.92 Å². The second-order valence-electron chi connectivity index (χ2n) is 5.63. The van der Waals surface area contributed by atoms with Gasteiger partial charge in [0.2, 0.25) is 5.91 Å². The summed E-state index contributed by atoms with van der Waals surface area (Å²) >= 11 is 0. The summed E-state index contributed by atoms with van der Waals surface area (Å²) in [5.74, 6) is -0.964. The van der Waals surface area contributed by atoms with Crippen LogP contribution in [0.25, 0.3) is 0 Å². The number of amides is 5. The summed E-state index contributed by atoms with van der Waals surface area (Å²) in [6.45, 7) is 2.14. The van der Waals surface area contributed by atoms with Gasteiger partial charge < -0.3 is 25.4 Å². The van der Waals surface area contributed by atoms with Gasteiger partial charge in [0.25, 0.3) is 0 Å². The van der Waals surface area contributed by atoms with Gasteiger partial charge in [0.1, 0.15) is 12.1 Å². The maximum atomic E-state index is 12.3. The molecule has 0 spiro atoms. The summed E-state index contributed by atoms with van der Waals surface area (Å²) in [6.07, 6.45) is -0.755. The predicted molar refractivity (Wildman–Crippen MR) is 82.3 cm³/mol. The Hall–Kier alpha value is -2.97. The number of imide groups is 1. The van der Waals surface area contributed by atoms with Crippen molar-refractivity contribution in [2.75, 3.05) is 13.7 Å². The number of carbonyl (C=O) groups excluding carboxylic acids is 3. The van der Waals surface area contributed by atoms with Crippen molar-refractivity contribution in [1.29, 1.82) is 0 Å². The third-order valence-electron chi connectivity index (χ3n) is 4.18. The van der Waals surface area contributed by atoms with Crippen LogP contribution in [0, 0.1) is 5.92 Å². The molecule has 3 atom stereocenters. The van der Waals surface area contributed by atoms with Crippen molar-refractivity contribution in [3.8, 4) is 11.5 Å². The fourth-order valence-corrected chi connectivity index (χ4v) is 3.00. The van der Waals surface area contributed by atoms with Gasteiger partial charge in [-0.3, -0.25) is 10.1 Å². The highest BCUT2D eigenvalue weighted by atomic mass is 16.5. The minimum Gasteiger partial charge on any atom is -0.504 e. The maximum Gasteiger partial charge on any atom is 0.325 e. The predicted octanol–water partition coefficient (Wildman–Crippen LogP) is 0.269. The van der Waals surface area contributed by atoms with Crippen LogP contribution in [-0.2, 0) is 4.79 Å². The minimum absolute atomic E-state index is 0.0298. The number of urea groups is 2. The SMILES string of the molecule is CCOc1cc(C2NC(=O)NC3C2C(=O)NC(=O)N3C)ccc1O. The summed E-state index contributed by atoms with van der Waals surface area (Å²) < 4.78 is 5.35. The number of benzene rings is 1. The van der Waals surface area contributed by atoms with Gasteiger partial charge >= 0.3 is 12.1 Å². The number of hydrogen-bond donors (Lipinski definition) is 4. The normalized spacial score (nSPS) is 26.2. The lowest BCUT2D eigenvalue weighted by Gasteiger charge is -2.45. The Bertz CT molecular complexity index is 707. The molecule has 2 aliphatic rings. The minimum atomic E-state index is -0.755. The van der Waals surface area contributed by atoms with Crippen molar-refractivity contribution < 1.29 is 24.2 Å². The number of nitrogens with zero attached hydrogens (tertiary/aromatic N) is 1. The highest BCUT2D eigenvalue weighted by Crippen LogP contribution is 2.35. The van der Waals surface area contributed by atoms with E-state index in [1.54, 1.807) is 19.1 Å². The smallest absolute Gasteiger partial charge is 0.325 e. The summed E-state index contributed by atoms with van der Waals surface area (Å²) in [5.41, 5.74) is 0.596. The molecule has 0 bridgehead atoms. The number of rotatable bonds is 3. The molecule has 0 saturated carbocycles. The number of ether oxygens (including phenoxy) is 1. The molecular weight excluding hydrogens is 316 g/mol. The zero-order valence-corrected chi connectivity index (χ0v) is 13.2. The van der Waals surface area contributed by atoms with Crippen molar-refractivity contribution in [2.45, 2.75) is 19.1 Å². The Morgan fingerprint density at radius 1 is 1.25 bits per heavy atom. The Morgan fingerprint density at radius 3 is 2.71 bits per heavy atom. The van der Waals surface area contributed by atoms with Crippen molar-refractivity contribution >= 4 is 18.0 Å². The molecule has 9 heteroatoms. The molecule has 24 heavy (non-hydrogen) atoms. The Morgan fingerprint density at radius 2 is 2.00 bits per heavy atom. The molecule has 2 fully saturated rings. The van der Waals surface area contributed by atoms with E-state index in [9.17, 15) is 19.5 Å². The molecule has 2 heterocycles. The standard InChI is InChI=1S/C15H18N4O5/c1-3-24-9-6-7(4-5-8(9)20)11-10-12(17-14(22)16-11)19(2)15(23)18-13(10)21/h4-6,10-12,20H,3H2,1-2H3,(H2,16,17,22)(H,18,21,23). The molecule has 0 radical (unpaired) electrons. The van der Waals surface area contributed by atoms with Crippen LogP contribution in [0.3, 0.4) is 0 Å². The number of carbonyl (C=O) groups is 3. The fourth-order valence-electron chi connectivity index (χ4n) is 3.00. The molecule has 3 rings (SSSR count). The molecule has 4 N–H and O–H groups in total. The molecule has 0 aromatic heterocycles. The number of fused-ring (bicyclic) bond motifs is 1. The maximum absolute atomic E-state index is 12.3. The lowest BCUT2D eigenvalue weighted by molar-refractivity contribution is -0.130. The van der Waals surface area contributed by atoms with E-state index >= 15 is 0 Å². The second kappa shape index (κ2) is 5.91. The van der Waals surface area contributed by atoms with E-state index in [0.717, 1.165) is 0 Å². The Balaban J connectivity index is 1.99. The zero-order chi connectivity index (χ0) is 17.4. The van der Waals surface area contributed by atoms with E-state index in [1.807, 2.05) is 0 Å². The average Bonchev–Trinajstić information content (AvgIpc) is 2.54. The molecule has 1 aromatic carbocycles. The van der Waals surface area contributed by atoms with E-state index in [-0.39, 0.29) is 11.5 Å². The summed E-state index contributed by atoms with van der Waals surface area (Å²) in [6, 6.07) is 2.91. The summed E-state index contributed by atoms with van der Waals surface area (Å²) in [4.78, 5) is 37.3. The molecule has 2 saturated heterocycles. The first-order valence-electron chi connectivity index (χ1n) is 7.52. The van der Waals surface area contributed by atoms with Crippen LogP contribution in [0.4, 0.5) is 9.59 Å². The first-order valence-corrected chi connectivity index (χ1v) is 7.52. The van der Waals surface area contributed by atoms with E-state index in [2.05, 4.69) is 16.0 Å². The molecule has 2 aliphatic heterocycles. The fraction of sp³-hybridized carbons (Fsp3) is 0.400. The molecule has 3 unspecified atom stereocenters. The Kier molecular flexibility index (Phi) is 3.92. The van der Waals surface area contributed by atoms with Gasteiger partial charge in [-0.2, -0.15) is 0 Å². The van der Waals surface area contributed by atoms with Gasteiger partial charge in [-0.05, 0) is 24.6 Å². The lowest BCUT2D eigenvalue weighted by Crippen LogP contribution is -2.71. The van der Waals surface area contributed by atoms with Crippen LogP contribution in [0.1, 0.15) is 18.5 Å². The van der Waals surface area contributed by atoms with Crippen LogP contribution in [0.15, 0.2) is 18.2 Å². The van der Waals surface area contributed by atoms with Crippen LogP contribution < -0.4 is 20.7 Å². The highest BCUT2D eigenvalue weighted by molar-refractivity contribution is 6.00. The molecule has 0 aliphatic carbocycles. The topological polar surface area (TPSA) is 120 Å². The molecule has 1 aromatic rings. The van der Waals surface area contributed by atoms with Crippen molar-refractivity contribution in [1.82, 2.24) is 20.9 Å². The lowest BCUT2D eigenvalue weighted by atomic mass is 9.86.